The summed E-state index contributed by atoms with van der Waals surface area (Å²) in [6.45, 7) is 9.16. The topological polar surface area (TPSA) is 63.2 Å². The normalized spacial score (nSPS) is 10.7. The van der Waals surface area contributed by atoms with Crippen molar-refractivity contribution in [3.05, 3.63) is 23.0 Å². The number of nitrogens with one attached hydrogen (secondary N) is 2. The van der Waals surface area contributed by atoms with Crippen molar-refractivity contribution in [2.24, 2.45) is 0 Å². The average molecular weight is 279 g/mol. The predicted octanol–water partition coefficient (Wildman–Crippen LogP) is 1.71. The van der Waals surface area contributed by atoms with Crippen molar-refractivity contribution in [3.8, 4) is 5.75 Å². The van der Waals surface area contributed by atoms with Crippen molar-refractivity contribution in [2.45, 2.75) is 46.7 Å². The number of hydrogen-bond donors (Lipinski definition) is 2. The maximum atomic E-state index is 11.5. The summed E-state index contributed by atoms with van der Waals surface area (Å²) in [5, 5.41) is 6.10. The molecule has 112 valence electrons. The third-order valence-electron chi connectivity index (χ3n) is 3.02. The molecule has 1 amide bonds. The molecule has 0 aliphatic carbocycles. The minimum Gasteiger partial charge on any atom is -0.496 e. The molecule has 0 aliphatic heterocycles. The Kier molecular flexibility index (Phi) is 6.45. The molecule has 1 aromatic rings. The van der Waals surface area contributed by atoms with E-state index >= 15 is 0 Å². The van der Waals surface area contributed by atoms with Gasteiger partial charge in [0.15, 0.2) is 0 Å². The van der Waals surface area contributed by atoms with Gasteiger partial charge in [0.2, 0.25) is 5.91 Å². The van der Waals surface area contributed by atoms with Gasteiger partial charge in [-0.25, -0.2) is 0 Å². The van der Waals surface area contributed by atoms with Crippen LogP contribution in [-0.2, 0) is 11.3 Å². The Hall–Kier alpha value is -1.62. The van der Waals surface area contributed by atoms with E-state index in [1.165, 1.54) is 0 Å². The summed E-state index contributed by atoms with van der Waals surface area (Å²) in [5.74, 6) is 0.952. The van der Waals surface area contributed by atoms with E-state index in [-0.39, 0.29) is 11.9 Å². The molecule has 0 aromatic carbocycles. The fourth-order valence-corrected chi connectivity index (χ4v) is 2.05. The van der Waals surface area contributed by atoms with Gasteiger partial charge in [-0.05, 0) is 27.7 Å². The van der Waals surface area contributed by atoms with Gasteiger partial charge in [0.1, 0.15) is 5.75 Å². The maximum absolute atomic E-state index is 11.5. The van der Waals surface area contributed by atoms with Crippen molar-refractivity contribution < 1.29 is 9.53 Å². The average Bonchev–Trinajstić information content (AvgIpc) is 2.36. The maximum Gasteiger partial charge on any atom is 0.221 e. The number of pyridine rings is 1. The lowest BCUT2D eigenvalue weighted by atomic mass is 10.1. The largest absolute Gasteiger partial charge is 0.496 e. The minimum atomic E-state index is 0.0682. The van der Waals surface area contributed by atoms with Gasteiger partial charge in [0, 0.05) is 42.9 Å². The van der Waals surface area contributed by atoms with E-state index in [0.29, 0.717) is 19.5 Å². The van der Waals surface area contributed by atoms with Crippen LogP contribution in [0.2, 0.25) is 0 Å². The van der Waals surface area contributed by atoms with Crippen LogP contribution in [0.15, 0.2) is 6.20 Å². The number of aryl methyl sites for hydroxylation is 1. The summed E-state index contributed by atoms with van der Waals surface area (Å²) in [4.78, 5) is 15.9. The van der Waals surface area contributed by atoms with E-state index in [4.69, 9.17) is 4.74 Å². The Morgan fingerprint density at radius 1 is 1.40 bits per heavy atom. The van der Waals surface area contributed by atoms with E-state index in [1.54, 1.807) is 7.11 Å². The number of carbonyl (C=O) groups excluding carboxylic acids is 1. The van der Waals surface area contributed by atoms with Crippen LogP contribution in [0.25, 0.3) is 0 Å². The molecule has 20 heavy (non-hydrogen) atoms. The first-order valence-corrected chi connectivity index (χ1v) is 6.94. The Balaban J connectivity index is 2.45. The van der Waals surface area contributed by atoms with Gasteiger partial charge in [-0.3, -0.25) is 9.78 Å². The van der Waals surface area contributed by atoms with Crippen LogP contribution in [0, 0.1) is 13.8 Å². The molecule has 1 aromatic heterocycles. The molecule has 0 atom stereocenters. The highest BCUT2D eigenvalue weighted by molar-refractivity contribution is 5.76. The van der Waals surface area contributed by atoms with Crippen LogP contribution in [0.3, 0.4) is 0 Å². The minimum absolute atomic E-state index is 0.0682. The zero-order chi connectivity index (χ0) is 15.1. The number of hydrogen-bond acceptors (Lipinski definition) is 4. The van der Waals surface area contributed by atoms with Gasteiger partial charge in [0.05, 0.1) is 12.8 Å². The number of nitrogens with zero attached hydrogens (tertiary/aromatic N) is 1. The third-order valence-corrected chi connectivity index (χ3v) is 3.02. The Morgan fingerprint density at radius 3 is 2.70 bits per heavy atom. The lowest BCUT2D eigenvalue weighted by Crippen LogP contribution is -2.32. The molecular formula is C15H25N3O2. The van der Waals surface area contributed by atoms with Crippen LogP contribution < -0.4 is 15.4 Å². The first kappa shape index (κ1) is 16.4. The first-order chi connectivity index (χ1) is 9.45. The molecule has 0 fully saturated rings. The van der Waals surface area contributed by atoms with E-state index in [2.05, 4.69) is 15.6 Å². The predicted molar refractivity (Wildman–Crippen MR) is 79.9 cm³/mol. The first-order valence-electron chi connectivity index (χ1n) is 6.94. The molecule has 0 saturated heterocycles. The summed E-state index contributed by atoms with van der Waals surface area (Å²) >= 11 is 0. The molecule has 0 radical (unpaired) electrons. The van der Waals surface area contributed by atoms with E-state index in [0.717, 1.165) is 22.6 Å². The lowest BCUT2D eigenvalue weighted by Gasteiger charge is -2.13. The molecule has 2 N–H and O–H groups in total. The van der Waals surface area contributed by atoms with Crippen molar-refractivity contribution in [2.75, 3.05) is 13.7 Å². The van der Waals surface area contributed by atoms with Crippen LogP contribution >= 0.6 is 0 Å². The molecular weight excluding hydrogens is 254 g/mol. The van der Waals surface area contributed by atoms with Crippen molar-refractivity contribution in [3.63, 3.8) is 0 Å². The number of carbonyl (C=O) groups is 1. The van der Waals surface area contributed by atoms with Crippen LogP contribution in [0.4, 0.5) is 0 Å². The second-order valence-corrected chi connectivity index (χ2v) is 5.20. The van der Waals surface area contributed by atoms with Gasteiger partial charge in [-0.2, -0.15) is 0 Å². The van der Waals surface area contributed by atoms with Gasteiger partial charge in [-0.15, -0.1) is 0 Å². The van der Waals surface area contributed by atoms with Crippen LogP contribution in [0.1, 0.15) is 37.1 Å². The number of aromatic nitrogens is 1. The summed E-state index contributed by atoms with van der Waals surface area (Å²) in [6.07, 6.45) is 2.29. The molecule has 5 heteroatoms. The highest BCUT2D eigenvalue weighted by atomic mass is 16.5. The fraction of sp³-hybridized carbons (Fsp3) is 0.600. The number of ether oxygens (including phenoxy) is 1. The van der Waals surface area contributed by atoms with Crippen molar-refractivity contribution in [1.29, 1.82) is 0 Å². The fourth-order valence-electron chi connectivity index (χ4n) is 2.05. The van der Waals surface area contributed by atoms with Gasteiger partial charge in [-0.1, -0.05) is 0 Å². The van der Waals surface area contributed by atoms with Crippen LogP contribution in [-0.4, -0.2) is 30.6 Å². The summed E-state index contributed by atoms with van der Waals surface area (Å²) < 4.78 is 5.37. The smallest absolute Gasteiger partial charge is 0.221 e. The number of amides is 1. The summed E-state index contributed by atoms with van der Waals surface area (Å²) in [5.41, 5.74) is 3.04. The zero-order valence-corrected chi connectivity index (χ0v) is 13.0. The Bertz CT molecular complexity index is 459. The van der Waals surface area contributed by atoms with Crippen LogP contribution in [0.5, 0.6) is 5.75 Å². The number of methoxy groups -OCH3 is 1. The number of rotatable bonds is 7. The molecule has 0 saturated carbocycles. The van der Waals surface area contributed by atoms with Crippen molar-refractivity contribution in [1.82, 2.24) is 15.6 Å². The van der Waals surface area contributed by atoms with E-state index in [9.17, 15) is 4.79 Å². The molecule has 0 aliphatic rings. The summed E-state index contributed by atoms with van der Waals surface area (Å²) in [7, 11) is 1.67. The Morgan fingerprint density at radius 2 is 2.10 bits per heavy atom. The monoisotopic (exact) mass is 279 g/mol. The second-order valence-electron chi connectivity index (χ2n) is 5.20. The molecule has 0 unspecified atom stereocenters. The molecule has 0 bridgehead atoms. The van der Waals surface area contributed by atoms with E-state index < -0.39 is 0 Å². The molecule has 1 rings (SSSR count). The quantitative estimate of drug-likeness (QED) is 0.746. The summed E-state index contributed by atoms with van der Waals surface area (Å²) in [6, 6.07) is 0.188. The molecule has 1 heterocycles. The lowest BCUT2D eigenvalue weighted by molar-refractivity contribution is -0.121. The third kappa shape index (κ3) is 4.81. The zero-order valence-electron chi connectivity index (χ0n) is 13.0. The molecule has 0 spiro atoms. The van der Waals surface area contributed by atoms with Crippen molar-refractivity contribution >= 4 is 5.91 Å². The Labute approximate surface area is 121 Å². The van der Waals surface area contributed by atoms with Gasteiger partial charge >= 0.3 is 0 Å². The second kappa shape index (κ2) is 7.85. The molecule has 5 nitrogen and oxygen atoms in total. The van der Waals surface area contributed by atoms with Gasteiger partial charge < -0.3 is 15.4 Å². The highest BCUT2D eigenvalue weighted by Gasteiger charge is 2.09. The van der Waals surface area contributed by atoms with Gasteiger partial charge in [0.25, 0.3) is 0 Å². The highest BCUT2D eigenvalue weighted by Crippen LogP contribution is 2.23. The standard InChI is InChI=1S/C15H25N3O2/c1-10(2)18-14(19)6-7-16-9-13-12(4)15(20-5)11(3)8-17-13/h8,10,16H,6-7,9H2,1-5H3,(H,18,19). The SMILES string of the molecule is COc1c(C)cnc(CNCCC(=O)NC(C)C)c1C. The van der Waals surface area contributed by atoms with E-state index in [1.807, 2.05) is 33.9 Å².